The van der Waals surface area contributed by atoms with Gasteiger partial charge in [-0.25, -0.2) is 0 Å². The second-order valence-electron chi connectivity index (χ2n) is 5.37. The van der Waals surface area contributed by atoms with Crippen molar-refractivity contribution in [1.29, 1.82) is 0 Å². The van der Waals surface area contributed by atoms with Gasteiger partial charge in [-0.2, -0.15) is 5.10 Å². The maximum absolute atomic E-state index is 11.2. The topological polar surface area (TPSA) is 72.9 Å². The standard InChI is InChI=1S/C16H22N4O/c1-10(16-11(2)19-20(4)12(16)3)18-14-8-6-5-7-13(14)9-15(17)21/h5-8,10,18H,9H2,1-4H3,(H2,17,21). The smallest absolute Gasteiger partial charge is 0.221 e. The molecule has 112 valence electrons. The Morgan fingerprint density at radius 2 is 2.05 bits per heavy atom. The second-order valence-corrected chi connectivity index (χ2v) is 5.37. The van der Waals surface area contributed by atoms with Gasteiger partial charge in [-0.3, -0.25) is 9.48 Å². The van der Waals surface area contributed by atoms with E-state index in [1.165, 1.54) is 5.56 Å². The highest BCUT2D eigenvalue weighted by molar-refractivity contribution is 5.78. The van der Waals surface area contributed by atoms with Crippen LogP contribution >= 0.6 is 0 Å². The maximum atomic E-state index is 11.2. The van der Waals surface area contributed by atoms with Crippen molar-refractivity contribution in [2.75, 3.05) is 5.32 Å². The van der Waals surface area contributed by atoms with Crippen LogP contribution in [0.4, 0.5) is 5.69 Å². The molecule has 0 radical (unpaired) electrons. The Morgan fingerprint density at radius 1 is 1.38 bits per heavy atom. The van der Waals surface area contributed by atoms with Crippen LogP contribution in [0.5, 0.6) is 0 Å². The summed E-state index contributed by atoms with van der Waals surface area (Å²) in [4.78, 5) is 11.2. The number of carbonyl (C=O) groups is 1. The number of rotatable bonds is 5. The Hall–Kier alpha value is -2.30. The Balaban J connectivity index is 2.27. The Bertz CT molecular complexity index is 660. The van der Waals surface area contributed by atoms with E-state index in [0.717, 1.165) is 22.6 Å². The molecule has 1 heterocycles. The van der Waals surface area contributed by atoms with Crippen LogP contribution in [-0.2, 0) is 18.3 Å². The number of aryl methyl sites for hydroxylation is 2. The summed E-state index contributed by atoms with van der Waals surface area (Å²) in [6.45, 7) is 6.16. The van der Waals surface area contributed by atoms with Crippen LogP contribution in [-0.4, -0.2) is 15.7 Å². The molecule has 1 amide bonds. The summed E-state index contributed by atoms with van der Waals surface area (Å²) in [5.74, 6) is -0.328. The highest BCUT2D eigenvalue weighted by Gasteiger charge is 2.17. The molecule has 0 aliphatic rings. The number of nitrogens with one attached hydrogen (secondary N) is 1. The average Bonchev–Trinajstić information content (AvgIpc) is 2.65. The van der Waals surface area contributed by atoms with Crippen LogP contribution in [0, 0.1) is 13.8 Å². The molecule has 0 spiro atoms. The fourth-order valence-corrected chi connectivity index (χ4v) is 2.73. The molecule has 0 saturated carbocycles. The lowest BCUT2D eigenvalue weighted by molar-refractivity contribution is -0.117. The number of carbonyl (C=O) groups excluding carboxylic acids is 1. The van der Waals surface area contributed by atoms with Crippen molar-refractivity contribution in [3.63, 3.8) is 0 Å². The molecular weight excluding hydrogens is 264 g/mol. The molecular formula is C16H22N4O. The third kappa shape index (κ3) is 3.24. The molecule has 1 aromatic heterocycles. The number of hydrogen-bond acceptors (Lipinski definition) is 3. The van der Waals surface area contributed by atoms with Crippen molar-refractivity contribution in [2.24, 2.45) is 12.8 Å². The van der Waals surface area contributed by atoms with E-state index in [9.17, 15) is 4.79 Å². The quantitative estimate of drug-likeness (QED) is 0.885. The number of anilines is 1. The Labute approximate surface area is 125 Å². The van der Waals surface area contributed by atoms with E-state index in [1.807, 2.05) is 42.9 Å². The number of aromatic nitrogens is 2. The van der Waals surface area contributed by atoms with Crippen LogP contribution in [0.25, 0.3) is 0 Å². The van der Waals surface area contributed by atoms with Crippen LogP contribution in [0.15, 0.2) is 24.3 Å². The Morgan fingerprint density at radius 3 is 2.62 bits per heavy atom. The van der Waals surface area contributed by atoms with Gasteiger partial charge in [0, 0.05) is 24.0 Å². The normalized spacial score (nSPS) is 12.2. The lowest BCUT2D eigenvalue weighted by Gasteiger charge is -2.18. The molecule has 0 aliphatic carbocycles. The van der Waals surface area contributed by atoms with Gasteiger partial charge in [0.05, 0.1) is 18.2 Å². The minimum Gasteiger partial charge on any atom is -0.378 e. The van der Waals surface area contributed by atoms with E-state index in [0.29, 0.717) is 0 Å². The summed E-state index contributed by atoms with van der Waals surface area (Å²) in [5.41, 5.74) is 10.5. The minimum atomic E-state index is -0.328. The predicted molar refractivity (Wildman–Crippen MR) is 84.1 cm³/mol. The number of para-hydroxylation sites is 1. The predicted octanol–water partition coefficient (Wildman–Crippen LogP) is 2.24. The molecule has 21 heavy (non-hydrogen) atoms. The molecule has 0 fully saturated rings. The van der Waals surface area contributed by atoms with Gasteiger partial charge in [-0.15, -0.1) is 0 Å². The SMILES string of the molecule is Cc1nn(C)c(C)c1C(C)Nc1ccccc1CC(N)=O. The van der Waals surface area contributed by atoms with Crippen molar-refractivity contribution in [3.05, 3.63) is 46.8 Å². The van der Waals surface area contributed by atoms with Gasteiger partial charge >= 0.3 is 0 Å². The average molecular weight is 286 g/mol. The molecule has 2 rings (SSSR count). The van der Waals surface area contributed by atoms with E-state index in [-0.39, 0.29) is 18.4 Å². The summed E-state index contributed by atoms with van der Waals surface area (Å²) >= 11 is 0. The third-order valence-electron chi connectivity index (χ3n) is 3.75. The lowest BCUT2D eigenvalue weighted by atomic mass is 10.0. The largest absolute Gasteiger partial charge is 0.378 e. The molecule has 0 saturated heterocycles. The molecule has 3 N–H and O–H groups in total. The van der Waals surface area contributed by atoms with Gasteiger partial charge < -0.3 is 11.1 Å². The van der Waals surface area contributed by atoms with Crippen molar-refractivity contribution in [1.82, 2.24) is 9.78 Å². The Kier molecular flexibility index (Phi) is 4.31. The van der Waals surface area contributed by atoms with E-state index in [1.54, 1.807) is 0 Å². The molecule has 5 heteroatoms. The van der Waals surface area contributed by atoms with Crippen molar-refractivity contribution in [2.45, 2.75) is 33.2 Å². The van der Waals surface area contributed by atoms with Gasteiger partial charge in [0.25, 0.3) is 0 Å². The summed E-state index contributed by atoms with van der Waals surface area (Å²) in [6.07, 6.45) is 0.237. The molecule has 1 atom stereocenters. The fourth-order valence-electron chi connectivity index (χ4n) is 2.73. The molecule has 1 aromatic carbocycles. The van der Waals surface area contributed by atoms with Gasteiger partial charge in [0.15, 0.2) is 0 Å². The zero-order valence-corrected chi connectivity index (χ0v) is 13.0. The van der Waals surface area contributed by atoms with Crippen LogP contribution in [0.3, 0.4) is 0 Å². The first-order chi connectivity index (χ1) is 9.90. The number of nitrogens with zero attached hydrogens (tertiary/aromatic N) is 2. The zero-order valence-electron chi connectivity index (χ0n) is 13.0. The number of amides is 1. The maximum Gasteiger partial charge on any atom is 0.221 e. The van der Waals surface area contributed by atoms with Gasteiger partial charge in [-0.1, -0.05) is 18.2 Å². The first-order valence-electron chi connectivity index (χ1n) is 7.03. The molecule has 0 aliphatic heterocycles. The van der Waals surface area contributed by atoms with Gasteiger partial charge in [0.1, 0.15) is 0 Å². The number of primary amides is 1. The van der Waals surface area contributed by atoms with Gasteiger partial charge in [0.2, 0.25) is 5.91 Å². The number of nitrogens with two attached hydrogens (primary N) is 1. The van der Waals surface area contributed by atoms with E-state index < -0.39 is 0 Å². The number of benzene rings is 1. The summed E-state index contributed by atoms with van der Waals surface area (Å²) in [7, 11) is 1.94. The van der Waals surface area contributed by atoms with E-state index in [4.69, 9.17) is 5.73 Å². The molecule has 2 aromatic rings. The van der Waals surface area contributed by atoms with Crippen LogP contribution in [0.2, 0.25) is 0 Å². The first kappa shape index (κ1) is 15.1. The summed E-state index contributed by atoms with van der Waals surface area (Å²) < 4.78 is 1.89. The minimum absolute atomic E-state index is 0.104. The second kappa shape index (κ2) is 5.99. The van der Waals surface area contributed by atoms with Gasteiger partial charge in [-0.05, 0) is 32.4 Å². The highest BCUT2D eigenvalue weighted by atomic mass is 16.1. The summed E-state index contributed by atoms with van der Waals surface area (Å²) in [5, 5.41) is 7.91. The van der Waals surface area contributed by atoms with Crippen LogP contribution < -0.4 is 11.1 Å². The molecule has 0 bridgehead atoms. The van der Waals surface area contributed by atoms with E-state index >= 15 is 0 Å². The lowest BCUT2D eigenvalue weighted by Crippen LogP contribution is -2.16. The zero-order chi connectivity index (χ0) is 15.6. The first-order valence-corrected chi connectivity index (χ1v) is 7.03. The number of hydrogen-bond donors (Lipinski definition) is 2. The van der Waals surface area contributed by atoms with E-state index in [2.05, 4.69) is 24.3 Å². The highest BCUT2D eigenvalue weighted by Crippen LogP contribution is 2.26. The molecule has 5 nitrogen and oxygen atoms in total. The fraction of sp³-hybridized carbons (Fsp3) is 0.375. The monoisotopic (exact) mass is 286 g/mol. The summed E-state index contributed by atoms with van der Waals surface area (Å²) in [6, 6.07) is 7.85. The molecule has 1 unspecified atom stereocenters. The van der Waals surface area contributed by atoms with Crippen molar-refractivity contribution in [3.8, 4) is 0 Å². The van der Waals surface area contributed by atoms with Crippen LogP contribution in [0.1, 0.15) is 35.5 Å². The third-order valence-corrected chi connectivity index (χ3v) is 3.75. The van der Waals surface area contributed by atoms with Crippen molar-refractivity contribution < 1.29 is 4.79 Å². The van der Waals surface area contributed by atoms with Crippen molar-refractivity contribution >= 4 is 11.6 Å².